The summed E-state index contributed by atoms with van der Waals surface area (Å²) in [5.74, 6) is 6.19. The van der Waals surface area contributed by atoms with Gasteiger partial charge in [-0.05, 0) is 20.0 Å². The highest BCUT2D eigenvalue weighted by atomic mass is 15.3. The van der Waals surface area contributed by atoms with Crippen molar-refractivity contribution in [3.8, 4) is 0 Å². The van der Waals surface area contributed by atoms with Crippen LogP contribution < -0.4 is 11.3 Å². The Hall–Kier alpha value is -0.160. The number of piperazine rings is 1. The maximum atomic E-state index is 5.62. The fourth-order valence-electron chi connectivity index (χ4n) is 2.18. The molecule has 0 aromatic rings. The standard InChI is InChI=1S/C10H24N4/c1-8(2)10(12-11)9-7-13(3)5-6-14(9)4/h8-10,12H,5-7,11H2,1-4H3. The lowest BCUT2D eigenvalue weighted by molar-refractivity contribution is 0.0747. The highest BCUT2D eigenvalue weighted by molar-refractivity contribution is 4.89. The molecule has 0 aromatic carbocycles. The molecule has 1 saturated heterocycles. The van der Waals surface area contributed by atoms with Crippen LogP contribution in [0.5, 0.6) is 0 Å². The molecule has 14 heavy (non-hydrogen) atoms. The summed E-state index contributed by atoms with van der Waals surface area (Å²) in [6.45, 7) is 7.82. The fourth-order valence-corrected chi connectivity index (χ4v) is 2.18. The summed E-state index contributed by atoms with van der Waals surface area (Å²) in [5.41, 5.74) is 2.95. The van der Waals surface area contributed by atoms with Crippen molar-refractivity contribution in [3.63, 3.8) is 0 Å². The van der Waals surface area contributed by atoms with E-state index < -0.39 is 0 Å². The Balaban J connectivity index is 2.62. The lowest BCUT2D eigenvalue weighted by atomic mass is 9.94. The van der Waals surface area contributed by atoms with Gasteiger partial charge in [0.1, 0.15) is 0 Å². The molecule has 4 nitrogen and oxygen atoms in total. The lowest BCUT2D eigenvalue weighted by Crippen LogP contribution is -2.61. The molecule has 0 saturated carbocycles. The maximum Gasteiger partial charge on any atom is 0.0401 e. The number of nitrogens with two attached hydrogens (primary N) is 1. The minimum absolute atomic E-state index is 0.378. The van der Waals surface area contributed by atoms with E-state index >= 15 is 0 Å². The van der Waals surface area contributed by atoms with Crippen molar-refractivity contribution in [1.82, 2.24) is 15.2 Å². The van der Waals surface area contributed by atoms with Crippen LogP contribution in [0, 0.1) is 5.92 Å². The second-order valence-electron chi connectivity index (χ2n) is 4.75. The van der Waals surface area contributed by atoms with E-state index in [2.05, 4.69) is 43.2 Å². The second kappa shape index (κ2) is 5.07. The van der Waals surface area contributed by atoms with Crippen LogP contribution in [0.2, 0.25) is 0 Å². The number of hydrazine groups is 1. The average Bonchev–Trinajstić information content (AvgIpc) is 2.11. The van der Waals surface area contributed by atoms with Crippen molar-refractivity contribution in [2.24, 2.45) is 11.8 Å². The van der Waals surface area contributed by atoms with E-state index in [9.17, 15) is 0 Å². The van der Waals surface area contributed by atoms with Crippen molar-refractivity contribution >= 4 is 0 Å². The summed E-state index contributed by atoms with van der Waals surface area (Å²) < 4.78 is 0. The molecule has 2 unspecified atom stereocenters. The van der Waals surface area contributed by atoms with Gasteiger partial charge in [-0.3, -0.25) is 16.2 Å². The van der Waals surface area contributed by atoms with Gasteiger partial charge in [0.05, 0.1) is 0 Å². The Bertz CT molecular complexity index is 172. The summed E-state index contributed by atoms with van der Waals surface area (Å²) in [6.07, 6.45) is 0. The molecule has 0 amide bonds. The van der Waals surface area contributed by atoms with Crippen LogP contribution in [-0.2, 0) is 0 Å². The largest absolute Gasteiger partial charge is 0.303 e. The Morgan fingerprint density at radius 1 is 1.29 bits per heavy atom. The normalized spacial score (nSPS) is 28.3. The van der Waals surface area contributed by atoms with Gasteiger partial charge in [-0.2, -0.15) is 0 Å². The monoisotopic (exact) mass is 200 g/mol. The second-order valence-corrected chi connectivity index (χ2v) is 4.75. The smallest absolute Gasteiger partial charge is 0.0401 e. The van der Waals surface area contributed by atoms with E-state index in [0.717, 1.165) is 19.6 Å². The summed E-state index contributed by atoms with van der Waals surface area (Å²) >= 11 is 0. The minimum Gasteiger partial charge on any atom is -0.303 e. The molecule has 0 aliphatic carbocycles. The van der Waals surface area contributed by atoms with Crippen molar-refractivity contribution in [3.05, 3.63) is 0 Å². The molecular formula is C10H24N4. The predicted octanol–water partition coefficient (Wildman–Crippen LogP) is -0.280. The summed E-state index contributed by atoms with van der Waals surface area (Å²) in [4.78, 5) is 4.78. The molecule has 0 spiro atoms. The number of nitrogens with one attached hydrogen (secondary N) is 1. The Labute approximate surface area is 87.4 Å². The third kappa shape index (κ3) is 2.67. The summed E-state index contributed by atoms with van der Waals surface area (Å²) in [7, 11) is 4.36. The topological polar surface area (TPSA) is 44.5 Å². The molecule has 4 heteroatoms. The SMILES string of the molecule is CC(C)C(NN)C1CN(C)CCN1C. The molecular weight excluding hydrogens is 176 g/mol. The summed E-state index contributed by atoms with van der Waals surface area (Å²) in [5, 5.41) is 0. The first-order valence-corrected chi connectivity index (χ1v) is 5.41. The van der Waals surface area contributed by atoms with E-state index in [-0.39, 0.29) is 0 Å². The van der Waals surface area contributed by atoms with Gasteiger partial charge < -0.3 is 4.90 Å². The van der Waals surface area contributed by atoms with Gasteiger partial charge in [-0.15, -0.1) is 0 Å². The molecule has 1 fully saturated rings. The van der Waals surface area contributed by atoms with Crippen LogP contribution in [-0.4, -0.2) is 55.6 Å². The minimum atomic E-state index is 0.378. The molecule has 1 heterocycles. The highest BCUT2D eigenvalue weighted by Crippen LogP contribution is 2.15. The number of likely N-dealkylation sites (N-methyl/N-ethyl adjacent to an activating group) is 2. The molecule has 0 bridgehead atoms. The van der Waals surface area contributed by atoms with Crippen molar-refractivity contribution in [1.29, 1.82) is 0 Å². The van der Waals surface area contributed by atoms with E-state index in [1.165, 1.54) is 0 Å². The highest BCUT2D eigenvalue weighted by Gasteiger charge is 2.30. The molecule has 0 aromatic heterocycles. The molecule has 0 radical (unpaired) electrons. The van der Waals surface area contributed by atoms with Gasteiger partial charge in [0.2, 0.25) is 0 Å². The van der Waals surface area contributed by atoms with Crippen molar-refractivity contribution in [2.75, 3.05) is 33.7 Å². The van der Waals surface area contributed by atoms with Gasteiger partial charge in [-0.1, -0.05) is 13.8 Å². The van der Waals surface area contributed by atoms with Crippen molar-refractivity contribution < 1.29 is 0 Å². The molecule has 3 N–H and O–H groups in total. The van der Waals surface area contributed by atoms with Crippen LogP contribution >= 0.6 is 0 Å². The number of rotatable bonds is 3. The molecule has 1 aliphatic heterocycles. The van der Waals surface area contributed by atoms with E-state index in [1.54, 1.807) is 0 Å². The van der Waals surface area contributed by atoms with Gasteiger partial charge in [0, 0.05) is 31.7 Å². The zero-order chi connectivity index (χ0) is 10.7. The Kier molecular flexibility index (Phi) is 4.31. The Morgan fingerprint density at radius 3 is 2.43 bits per heavy atom. The van der Waals surface area contributed by atoms with Crippen LogP contribution in [0.25, 0.3) is 0 Å². The first kappa shape index (κ1) is 11.9. The van der Waals surface area contributed by atoms with Crippen LogP contribution in [0.3, 0.4) is 0 Å². The number of nitrogens with zero attached hydrogens (tertiary/aromatic N) is 2. The maximum absolute atomic E-state index is 5.62. The molecule has 1 aliphatic rings. The Morgan fingerprint density at radius 2 is 1.93 bits per heavy atom. The fraction of sp³-hybridized carbons (Fsp3) is 1.00. The zero-order valence-corrected chi connectivity index (χ0v) is 9.83. The van der Waals surface area contributed by atoms with Gasteiger partial charge in [0.25, 0.3) is 0 Å². The lowest BCUT2D eigenvalue weighted by Gasteiger charge is -2.43. The van der Waals surface area contributed by atoms with Crippen LogP contribution in [0.15, 0.2) is 0 Å². The summed E-state index contributed by atoms with van der Waals surface area (Å²) in [6, 6.07) is 0.904. The van der Waals surface area contributed by atoms with E-state index in [0.29, 0.717) is 18.0 Å². The van der Waals surface area contributed by atoms with Crippen molar-refractivity contribution in [2.45, 2.75) is 25.9 Å². The molecule has 2 atom stereocenters. The van der Waals surface area contributed by atoms with Gasteiger partial charge in [-0.25, -0.2) is 0 Å². The first-order valence-electron chi connectivity index (χ1n) is 5.41. The van der Waals surface area contributed by atoms with E-state index in [1.807, 2.05) is 0 Å². The predicted molar refractivity (Wildman–Crippen MR) is 59.9 cm³/mol. The number of hydrogen-bond acceptors (Lipinski definition) is 4. The van der Waals surface area contributed by atoms with Gasteiger partial charge in [0.15, 0.2) is 0 Å². The van der Waals surface area contributed by atoms with Gasteiger partial charge >= 0.3 is 0 Å². The average molecular weight is 200 g/mol. The third-order valence-electron chi connectivity index (χ3n) is 3.22. The number of hydrogen-bond donors (Lipinski definition) is 2. The molecule has 84 valence electrons. The first-order chi connectivity index (χ1) is 6.56. The van der Waals surface area contributed by atoms with Crippen LogP contribution in [0.1, 0.15) is 13.8 Å². The van der Waals surface area contributed by atoms with E-state index in [4.69, 9.17) is 5.84 Å². The quantitative estimate of drug-likeness (QED) is 0.486. The molecule has 1 rings (SSSR count). The van der Waals surface area contributed by atoms with Crippen LogP contribution in [0.4, 0.5) is 0 Å². The third-order valence-corrected chi connectivity index (χ3v) is 3.22. The zero-order valence-electron chi connectivity index (χ0n) is 9.83.